The monoisotopic (exact) mass is 295 g/mol. The van der Waals surface area contributed by atoms with E-state index >= 15 is 0 Å². The van der Waals surface area contributed by atoms with Crippen LogP contribution in [0.25, 0.3) is 0 Å². The van der Waals surface area contributed by atoms with E-state index < -0.39 is 0 Å². The minimum Gasteiger partial charge on any atom is -0.326 e. The first-order chi connectivity index (χ1) is 8.15. The zero-order chi connectivity index (χ0) is 12.3. The summed E-state index contributed by atoms with van der Waals surface area (Å²) >= 11 is 3.45. The number of nitrogens with one attached hydrogen (secondary N) is 1. The van der Waals surface area contributed by atoms with E-state index in [0.29, 0.717) is 0 Å². The molecule has 1 amide bonds. The molecule has 17 heavy (non-hydrogen) atoms. The first kappa shape index (κ1) is 12.6. The summed E-state index contributed by atoms with van der Waals surface area (Å²) in [6, 6.07) is 6.00. The van der Waals surface area contributed by atoms with Crippen molar-refractivity contribution < 1.29 is 4.79 Å². The number of halogens is 1. The SMILES string of the molecule is Cc1cc(Br)cc(NC(=O)C2CCCCC2)c1. The van der Waals surface area contributed by atoms with Gasteiger partial charge in [0.25, 0.3) is 0 Å². The van der Waals surface area contributed by atoms with Crippen LogP contribution < -0.4 is 5.32 Å². The minimum atomic E-state index is 0.183. The molecule has 0 bridgehead atoms. The van der Waals surface area contributed by atoms with Crippen molar-refractivity contribution in [3.05, 3.63) is 28.2 Å². The van der Waals surface area contributed by atoms with Crippen molar-refractivity contribution in [2.24, 2.45) is 5.92 Å². The number of hydrogen-bond acceptors (Lipinski definition) is 1. The smallest absolute Gasteiger partial charge is 0.227 e. The highest BCUT2D eigenvalue weighted by molar-refractivity contribution is 9.10. The molecule has 1 aliphatic carbocycles. The van der Waals surface area contributed by atoms with E-state index in [1.54, 1.807) is 0 Å². The number of amides is 1. The van der Waals surface area contributed by atoms with Gasteiger partial charge < -0.3 is 5.32 Å². The van der Waals surface area contributed by atoms with E-state index in [1.165, 1.54) is 19.3 Å². The lowest BCUT2D eigenvalue weighted by Gasteiger charge is -2.20. The van der Waals surface area contributed by atoms with Gasteiger partial charge in [0, 0.05) is 16.1 Å². The van der Waals surface area contributed by atoms with Gasteiger partial charge in [-0.15, -0.1) is 0 Å². The third-order valence-corrected chi connectivity index (χ3v) is 3.74. The van der Waals surface area contributed by atoms with Gasteiger partial charge in [-0.1, -0.05) is 35.2 Å². The van der Waals surface area contributed by atoms with E-state index in [0.717, 1.165) is 28.6 Å². The molecule has 1 aromatic rings. The molecule has 3 heteroatoms. The van der Waals surface area contributed by atoms with Crippen LogP contribution >= 0.6 is 15.9 Å². The fraction of sp³-hybridized carbons (Fsp3) is 0.500. The molecule has 0 unspecified atom stereocenters. The fourth-order valence-electron chi connectivity index (χ4n) is 2.42. The number of anilines is 1. The second kappa shape index (κ2) is 5.67. The predicted octanol–water partition coefficient (Wildman–Crippen LogP) is 4.28. The Kier molecular flexibility index (Phi) is 4.21. The van der Waals surface area contributed by atoms with Crippen LogP contribution in [0.5, 0.6) is 0 Å². The molecule has 0 aromatic heterocycles. The Hall–Kier alpha value is -0.830. The van der Waals surface area contributed by atoms with Crippen LogP contribution in [0.4, 0.5) is 5.69 Å². The molecule has 1 aliphatic rings. The summed E-state index contributed by atoms with van der Waals surface area (Å²) in [5.41, 5.74) is 2.05. The molecule has 0 radical (unpaired) electrons. The summed E-state index contributed by atoms with van der Waals surface area (Å²) in [4.78, 5) is 12.1. The average molecular weight is 296 g/mol. The predicted molar refractivity (Wildman–Crippen MR) is 74.1 cm³/mol. The van der Waals surface area contributed by atoms with Crippen molar-refractivity contribution in [2.45, 2.75) is 39.0 Å². The largest absolute Gasteiger partial charge is 0.326 e. The van der Waals surface area contributed by atoms with Gasteiger partial charge in [0.1, 0.15) is 0 Å². The van der Waals surface area contributed by atoms with Gasteiger partial charge in [0.15, 0.2) is 0 Å². The van der Waals surface area contributed by atoms with Gasteiger partial charge >= 0.3 is 0 Å². The fourth-order valence-corrected chi connectivity index (χ4v) is 3.03. The van der Waals surface area contributed by atoms with Crippen molar-refractivity contribution in [2.75, 3.05) is 5.32 Å². The molecule has 0 atom stereocenters. The van der Waals surface area contributed by atoms with Crippen molar-refractivity contribution >= 4 is 27.5 Å². The highest BCUT2D eigenvalue weighted by atomic mass is 79.9. The van der Waals surface area contributed by atoms with Crippen LogP contribution in [-0.2, 0) is 4.79 Å². The minimum absolute atomic E-state index is 0.183. The summed E-state index contributed by atoms with van der Waals surface area (Å²) in [6.45, 7) is 2.03. The Morgan fingerprint density at radius 2 is 1.94 bits per heavy atom. The highest BCUT2D eigenvalue weighted by Crippen LogP contribution is 2.26. The lowest BCUT2D eigenvalue weighted by Crippen LogP contribution is -2.24. The third kappa shape index (κ3) is 3.56. The molecular weight excluding hydrogens is 278 g/mol. The third-order valence-electron chi connectivity index (χ3n) is 3.29. The molecule has 0 saturated heterocycles. The zero-order valence-corrected chi connectivity index (χ0v) is 11.7. The Morgan fingerprint density at radius 3 is 2.59 bits per heavy atom. The molecule has 92 valence electrons. The maximum absolute atomic E-state index is 12.1. The Balaban J connectivity index is 2.01. The maximum atomic E-state index is 12.1. The second-order valence-electron chi connectivity index (χ2n) is 4.84. The summed E-state index contributed by atoms with van der Waals surface area (Å²) in [6.07, 6.45) is 5.74. The first-order valence-electron chi connectivity index (χ1n) is 6.23. The molecule has 1 saturated carbocycles. The Labute approximate surface area is 111 Å². The average Bonchev–Trinajstić information content (AvgIpc) is 2.28. The number of carbonyl (C=O) groups is 1. The molecule has 0 aliphatic heterocycles. The summed E-state index contributed by atoms with van der Waals surface area (Å²) < 4.78 is 1.01. The first-order valence-corrected chi connectivity index (χ1v) is 7.02. The van der Waals surface area contributed by atoms with Gasteiger partial charge in [-0.05, 0) is 43.5 Å². The number of rotatable bonds is 2. The number of carbonyl (C=O) groups excluding carboxylic acids is 1. The number of hydrogen-bond donors (Lipinski definition) is 1. The van der Waals surface area contributed by atoms with E-state index in [2.05, 4.69) is 21.2 Å². The molecule has 2 nitrogen and oxygen atoms in total. The van der Waals surface area contributed by atoms with Gasteiger partial charge in [0.2, 0.25) is 5.91 Å². The topological polar surface area (TPSA) is 29.1 Å². The van der Waals surface area contributed by atoms with Crippen LogP contribution in [0.15, 0.2) is 22.7 Å². The molecule has 1 fully saturated rings. The van der Waals surface area contributed by atoms with Crippen molar-refractivity contribution in [1.29, 1.82) is 0 Å². The molecule has 0 spiro atoms. The lowest BCUT2D eigenvalue weighted by molar-refractivity contribution is -0.120. The van der Waals surface area contributed by atoms with Crippen LogP contribution in [0.3, 0.4) is 0 Å². The summed E-state index contributed by atoms with van der Waals surface area (Å²) in [5.74, 6) is 0.394. The van der Waals surface area contributed by atoms with E-state index in [-0.39, 0.29) is 11.8 Å². The summed E-state index contributed by atoms with van der Waals surface area (Å²) in [5, 5.41) is 3.02. The van der Waals surface area contributed by atoms with Gasteiger partial charge in [0.05, 0.1) is 0 Å². The van der Waals surface area contributed by atoms with Crippen LogP contribution in [0.1, 0.15) is 37.7 Å². The molecule has 0 heterocycles. The molecule has 2 rings (SSSR count). The van der Waals surface area contributed by atoms with Crippen molar-refractivity contribution in [1.82, 2.24) is 0 Å². The second-order valence-corrected chi connectivity index (χ2v) is 5.76. The van der Waals surface area contributed by atoms with Gasteiger partial charge in [-0.25, -0.2) is 0 Å². The quantitative estimate of drug-likeness (QED) is 0.867. The zero-order valence-electron chi connectivity index (χ0n) is 10.1. The van der Waals surface area contributed by atoms with Gasteiger partial charge in [-0.2, -0.15) is 0 Å². The number of benzene rings is 1. The van der Waals surface area contributed by atoms with Crippen LogP contribution in [-0.4, -0.2) is 5.91 Å². The van der Waals surface area contributed by atoms with E-state index in [9.17, 15) is 4.79 Å². The standard InChI is InChI=1S/C14H18BrNO/c1-10-7-12(15)9-13(8-10)16-14(17)11-5-3-2-4-6-11/h7-9,11H,2-6H2,1H3,(H,16,17). The normalized spacial score (nSPS) is 16.8. The summed E-state index contributed by atoms with van der Waals surface area (Å²) in [7, 11) is 0. The van der Waals surface area contributed by atoms with Crippen molar-refractivity contribution in [3.8, 4) is 0 Å². The highest BCUT2D eigenvalue weighted by Gasteiger charge is 2.20. The van der Waals surface area contributed by atoms with E-state index in [4.69, 9.17) is 0 Å². The van der Waals surface area contributed by atoms with Crippen LogP contribution in [0.2, 0.25) is 0 Å². The Morgan fingerprint density at radius 1 is 1.24 bits per heavy atom. The number of aryl methyl sites for hydroxylation is 1. The molecule has 1 aromatic carbocycles. The lowest BCUT2D eigenvalue weighted by atomic mass is 9.88. The molecule has 1 N–H and O–H groups in total. The maximum Gasteiger partial charge on any atom is 0.227 e. The van der Waals surface area contributed by atoms with Gasteiger partial charge in [-0.3, -0.25) is 4.79 Å². The van der Waals surface area contributed by atoms with Crippen LogP contribution in [0, 0.1) is 12.8 Å². The molecular formula is C14H18BrNO. The Bertz CT molecular complexity index is 390. The van der Waals surface area contributed by atoms with Crippen molar-refractivity contribution in [3.63, 3.8) is 0 Å². The van der Waals surface area contributed by atoms with E-state index in [1.807, 2.05) is 25.1 Å².